The van der Waals surface area contributed by atoms with Crippen LogP contribution >= 0.6 is 0 Å². The van der Waals surface area contributed by atoms with Gasteiger partial charge in [0.2, 0.25) is 35.4 Å². The van der Waals surface area contributed by atoms with Gasteiger partial charge in [0.15, 0.2) is 0 Å². The molecule has 6 N–H and O–H groups in total. The third kappa shape index (κ3) is 14.0. The minimum atomic E-state index is -0.644. The minimum Gasteiger partial charge on any atom is -0.466 e. The number of rotatable bonds is 16. The second kappa shape index (κ2) is 19.3. The zero-order chi connectivity index (χ0) is 36.5. The predicted octanol–water partition coefficient (Wildman–Crippen LogP) is 3.40. The van der Waals surface area contributed by atoms with Gasteiger partial charge in [-0.15, -0.1) is 0 Å². The van der Waals surface area contributed by atoms with E-state index in [-0.39, 0.29) is 13.2 Å². The molecule has 0 aliphatic rings. The molecule has 6 amide bonds. The van der Waals surface area contributed by atoms with Crippen LogP contribution in [0.4, 0.5) is 34.1 Å². The predicted molar refractivity (Wildman–Crippen MR) is 183 cm³/mol. The fourth-order valence-electron chi connectivity index (χ4n) is 4.12. The number of esters is 2. The molecular weight excluding hydrogens is 652 g/mol. The van der Waals surface area contributed by atoms with Gasteiger partial charge in [-0.2, -0.15) is 0 Å². The summed E-state index contributed by atoms with van der Waals surface area (Å²) in [6, 6.07) is 18.2. The highest BCUT2D eigenvalue weighted by Gasteiger charge is 2.14. The summed E-state index contributed by atoms with van der Waals surface area (Å²) in [4.78, 5) is 96.0. The van der Waals surface area contributed by atoms with Crippen LogP contribution in [0.3, 0.4) is 0 Å². The van der Waals surface area contributed by atoms with Crippen molar-refractivity contribution in [3.8, 4) is 0 Å². The molecule has 0 saturated heterocycles. The van der Waals surface area contributed by atoms with E-state index >= 15 is 0 Å². The summed E-state index contributed by atoms with van der Waals surface area (Å²) in [5.41, 5.74) is 2.29. The lowest BCUT2D eigenvalue weighted by Gasteiger charge is -2.10. The third-order valence-electron chi connectivity index (χ3n) is 6.22. The maximum Gasteiger partial charge on any atom is 0.315 e. The maximum absolute atomic E-state index is 12.4. The van der Waals surface area contributed by atoms with Crippen LogP contribution in [-0.2, 0) is 47.8 Å². The van der Waals surface area contributed by atoms with Crippen molar-refractivity contribution in [2.24, 2.45) is 0 Å². The van der Waals surface area contributed by atoms with E-state index in [1.165, 1.54) is 72.8 Å². The van der Waals surface area contributed by atoms with Gasteiger partial charge in [0.25, 0.3) is 0 Å². The minimum absolute atomic E-state index is 0.169. The summed E-state index contributed by atoms with van der Waals surface area (Å²) in [5.74, 6) is -4.73. The highest BCUT2D eigenvalue weighted by molar-refractivity contribution is 6.09. The Hall–Kier alpha value is -6.58. The smallest absolute Gasteiger partial charge is 0.315 e. The number of hydrogen-bond donors (Lipinski definition) is 6. The molecule has 0 aliphatic carbocycles. The largest absolute Gasteiger partial charge is 0.466 e. The van der Waals surface area contributed by atoms with E-state index in [9.17, 15) is 38.4 Å². The normalized spacial score (nSPS) is 10.1. The van der Waals surface area contributed by atoms with Crippen molar-refractivity contribution in [3.05, 3.63) is 72.8 Å². The zero-order valence-corrected chi connectivity index (χ0v) is 27.3. The van der Waals surface area contributed by atoms with E-state index in [0.717, 1.165) is 0 Å². The molecule has 0 bridgehead atoms. The molecule has 50 heavy (non-hydrogen) atoms. The van der Waals surface area contributed by atoms with Crippen LogP contribution in [-0.4, -0.2) is 60.6 Å². The second-order valence-electron chi connectivity index (χ2n) is 10.3. The Bertz CT molecular complexity index is 1580. The molecule has 0 saturated carbocycles. The number of carbonyl (C=O) groups is 8. The number of nitrogens with one attached hydrogen (secondary N) is 6. The van der Waals surface area contributed by atoms with Crippen molar-refractivity contribution >= 4 is 81.5 Å². The van der Waals surface area contributed by atoms with Gasteiger partial charge in [-0.25, -0.2) is 0 Å². The monoisotopic (exact) mass is 688 g/mol. The van der Waals surface area contributed by atoms with Gasteiger partial charge in [-0.3, -0.25) is 38.4 Å². The van der Waals surface area contributed by atoms with E-state index in [0.29, 0.717) is 34.1 Å². The standard InChI is InChI=1S/C34H36N6O10/c1-3-49-33(47)19-31(45)39-25-13-9-23(10-14-25)37-29(43)17-27(41)35-21-5-7-22(8-6-21)36-28(42)18-30(44)38-24-11-15-26(16-12-24)40-32(46)20-34(48)50-4-2/h5-16H,3-4,17-20H2,1-2H3,(H,35,41)(H,36,42)(H,37,43)(H,38,44)(H,39,45)(H,40,46). The fraction of sp³-hybridized carbons (Fsp3) is 0.235. The molecule has 0 unspecified atom stereocenters. The molecule has 262 valence electrons. The summed E-state index contributed by atoms with van der Waals surface area (Å²) in [7, 11) is 0. The SMILES string of the molecule is CCOC(=O)CC(=O)Nc1ccc(NC(=O)CC(=O)Nc2ccc(NC(=O)CC(=O)Nc3ccc(NC(=O)CC(=O)OCC)cc3)cc2)cc1. The van der Waals surface area contributed by atoms with E-state index in [1.54, 1.807) is 13.8 Å². The van der Waals surface area contributed by atoms with E-state index in [2.05, 4.69) is 31.9 Å². The van der Waals surface area contributed by atoms with Gasteiger partial charge < -0.3 is 41.4 Å². The highest BCUT2D eigenvalue weighted by atomic mass is 16.5. The zero-order valence-electron chi connectivity index (χ0n) is 27.3. The third-order valence-corrected chi connectivity index (χ3v) is 6.22. The maximum atomic E-state index is 12.4. The van der Waals surface area contributed by atoms with Crippen molar-refractivity contribution in [2.75, 3.05) is 45.1 Å². The van der Waals surface area contributed by atoms with E-state index in [4.69, 9.17) is 9.47 Å². The lowest BCUT2D eigenvalue weighted by molar-refractivity contribution is -0.146. The second-order valence-corrected chi connectivity index (χ2v) is 10.3. The molecule has 16 heteroatoms. The van der Waals surface area contributed by atoms with Gasteiger partial charge in [-0.05, 0) is 86.6 Å². The van der Waals surface area contributed by atoms with Gasteiger partial charge in [-0.1, -0.05) is 0 Å². The Kier molecular flexibility index (Phi) is 14.6. The summed E-state index contributed by atoms with van der Waals surface area (Å²) in [6.45, 7) is 3.61. The number of ether oxygens (including phenoxy) is 2. The summed E-state index contributed by atoms with van der Waals surface area (Å²) < 4.78 is 9.45. The number of benzene rings is 3. The first kappa shape index (κ1) is 37.9. The quantitative estimate of drug-likeness (QED) is 0.0949. The number of hydrogen-bond acceptors (Lipinski definition) is 10. The average molecular weight is 689 g/mol. The van der Waals surface area contributed by atoms with Crippen LogP contribution in [0, 0.1) is 0 Å². The topological polar surface area (TPSA) is 227 Å². The molecule has 0 fully saturated rings. The summed E-state index contributed by atoms with van der Waals surface area (Å²) in [5, 5.41) is 15.4. The summed E-state index contributed by atoms with van der Waals surface area (Å²) in [6.07, 6.45) is -1.83. The number of anilines is 6. The van der Waals surface area contributed by atoms with Crippen LogP contribution in [0.2, 0.25) is 0 Å². The Morgan fingerprint density at radius 3 is 0.720 bits per heavy atom. The first-order chi connectivity index (χ1) is 23.9. The molecule has 0 spiro atoms. The first-order valence-corrected chi connectivity index (χ1v) is 15.3. The van der Waals surface area contributed by atoms with Gasteiger partial charge >= 0.3 is 11.9 Å². The van der Waals surface area contributed by atoms with E-state index < -0.39 is 73.1 Å². The van der Waals surface area contributed by atoms with Crippen molar-refractivity contribution in [1.29, 1.82) is 0 Å². The van der Waals surface area contributed by atoms with Gasteiger partial charge in [0.1, 0.15) is 25.7 Å². The van der Waals surface area contributed by atoms with Crippen molar-refractivity contribution in [3.63, 3.8) is 0 Å². The lowest BCUT2D eigenvalue weighted by atomic mass is 10.2. The van der Waals surface area contributed by atoms with Crippen LogP contribution in [0.15, 0.2) is 72.8 Å². The molecule has 0 radical (unpaired) electrons. The molecular formula is C34H36N6O10. The lowest BCUT2D eigenvalue weighted by Crippen LogP contribution is -2.22. The number of carbonyl (C=O) groups excluding carboxylic acids is 8. The van der Waals surface area contributed by atoms with Gasteiger partial charge in [0.05, 0.1) is 13.2 Å². The molecule has 3 aromatic rings. The molecule has 0 heterocycles. The van der Waals surface area contributed by atoms with Crippen LogP contribution in [0.1, 0.15) is 39.5 Å². The molecule has 0 aliphatic heterocycles. The Morgan fingerprint density at radius 2 is 0.540 bits per heavy atom. The van der Waals surface area contributed by atoms with Gasteiger partial charge in [0, 0.05) is 34.1 Å². The first-order valence-electron chi connectivity index (χ1n) is 15.3. The van der Waals surface area contributed by atoms with Crippen LogP contribution in [0.25, 0.3) is 0 Å². The Morgan fingerprint density at radius 1 is 0.360 bits per heavy atom. The molecule has 3 rings (SSSR count). The van der Waals surface area contributed by atoms with Crippen molar-refractivity contribution in [1.82, 2.24) is 0 Å². The Balaban J connectivity index is 1.37. The molecule has 0 atom stereocenters. The molecule has 0 aromatic heterocycles. The summed E-state index contributed by atoms with van der Waals surface area (Å²) >= 11 is 0. The van der Waals surface area contributed by atoms with Crippen LogP contribution < -0.4 is 31.9 Å². The number of amides is 6. The highest BCUT2D eigenvalue weighted by Crippen LogP contribution is 2.17. The Labute approximate surface area is 286 Å². The molecule has 16 nitrogen and oxygen atoms in total. The van der Waals surface area contributed by atoms with Crippen molar-refractivity contribution in [2.45, 2.75) is 39.5 Å². The van der Waals surface area contributed by atoms with Crippen molar-refractivity contribution < 1.29 is 47.8 Å². The fourth-order valence-corrected chi connectivity index (χ4v) is 4.12. The molecule has 3 aromatic carbocycles. The van der Waals surface area contributed by atoms with E-state index in [1.807, 2.05) is 0 Å². The van der Waals surface area contributed by atoms with Crippen LogP contribution in [0.5, 0.6) is 0 Å². The average Bonchev–Trinajstić information content (AvgIpc) is 3.03.